The molecule has 3 heterocycles. The Hall–Kier alpha value is -3.00. The van der Waals surface area contributed by atoms with E-state index in [1.807, 2.05) is 29.3 Å². The molecule has 0 bridgehead atoms. The predicted molar refractivity (Wildman–Crippen MR) is 113 cm³/mol. The van der Waals surface area contributed by atoms with Gasteiger partial charge >= 0.3 is 0 Å². The number of aryl methyl sites for hydroxylation is 1. The third-order valence-corrected chi connectivity index (χ3v) is 6.13. The van der Waals surface area contributed by atoms with Gasteiger partial charge in [-0.25, -0.2) is 9.37 Å². The number of hydrogen-bond acceptors (Lipinski definition) is 6. The largest absolute Gasteiger partial charge is 0.440 e. The summed E-state index contributed by atoms with van der Waals surface area (Å²) in [4.78, 5) is 33.3. The summed E-state index contributed by atoms with van der Waals surface area (Å²) in [7, 11) is 0. The minimum absolute atomic E-state index is 0.0174. The van der Waals surface area contributed by atoms with Crippen molar-refractivity contribution in [3.63, 3.8) is 0 Å². The maximum Gasteiger partial charge on any atom is 0.236 e. The number of thiophene rings is 1. The number of oxazole rings is 1. The van der Waals surface area contributed by atoms with Gasteiger partial charge in [-0.1, -0.05) is 6.07 Å². The van der Waals surface area contributed by atoms with Crippen molar-refractivity contribution in [3.8, 4) is 10.8 Å². The van der Waals surface area contributed by atoms with Crippen LogP contribution in [0.25, 0.3) is 10.8 Å². The molecule has 0 N–H and O–H groups in total. The highest BCUT2D eigenvalue weighted by molar-refractivity contribution is 7.13. The van der Waals surface area contributed by atoms with Crippen LogP contribution in [0.1, 0.15) is 28.7 Å². The molecule has 1 saturated heterocycles. The minimum atomic E-state index is -0.415. The molecule has 0 radical (unpaired) electrons. The van der Waals surface area contributed by atoms with Crippen LogP contribution in [-0.4, -0.2) is 47.8 Å². The molecular formula is C22H22FN3O3S. The first-order chi connectivity index (χ1) is 14.4. The van der Waals surface area contributed by atoms with Crippen LogP contribution in [0.15, 0.2) is 40.1 Å². The van der Waals surface area contributed by atoms with Gasteiger partial charge in [0, 0.05) is 31.7 Å². The summed E-state index contributed by atoms with van der Waals surface area (Å²) in [6, 6.07) is 8.40. The molecule has 0 spiro atoms. The second-order valence-corrected chi connectivity index (χ2v) is 8.21. The number of carbonyl (C=O) groups is 2. The van der Waals surface area contributed by atoms with Crippen LogP contribution in [0, 0.1) is 12.7 Å². The minimum Gasteiger partial charge on any atom is -0.440 e. The molecule has 30 heavy (non-hydrogen) atoms. The van der Waals surface area contributed by atoms with Gasteiger partial charge < -0.3 is 14.2 Å². The fourth-order valence-corrected chi connectivity index (χ4v) is 4.18. The Kier molecular flexibility index (Phi) is 5.67. The summed E-state index contributed by atoms with van der Waals surface area (Å²) in [6.07, 6.45) is 0.183. The monoisotopic (exact) mass is 427 g/mol. The molecule has 156 valence electrons. The van der Waals surface area contributed by atoms with E-state index < -0.39 is 5.82 Å². The van der Waals surface area contributed by atoms with E-state index in [2.05, 4.69) is 4.98 Å². The normalized spacial score (nSPS) is 14.2. The average molecular weight is 428 g/mol. The Balaban J connectivity index is 1.38. The summed E-state index contributed by atoms with van der Waals surface area (Å²) in [5, 5.41) is 1.95. The van der Waals surface area contributed by atoms with Crippen LogP contribution < -0.4 is 4.90 Å². The van der Waals surface area contributed by atoms with Gasteiger partial charge in [0.2, 0.25) is 11.8 Å². The smallest absolute Gasteiger partial charge is 0.236 e. The zero-order valence-corrected chi connectivity index (χ0v) is 17.7. The number of piperazine rings is 1. The molecule has 1 aromatic carbocycles. The Labute approximate surface area is 177 Å². The van der Waals surface area contributed by atoms with E-state index in [4.69, 9.17) is 4.42 Å². The van der Waals surface area contributed by atoms with Crippen molar-refractivity contribution in [1.29, 1.82) is 0 Å². The lowest BCUT2D eigenvalue weighted by Gasteiger charge is -2.36. The second kappa shape index (κ2) is 8.39. The molecule has 0 aliphatic carbocycles. The summed E-state index contributed by atoms with van der Waals surface area (Å²) < 4.78 is 20.1. The molecule has 1 aliphatic heterocycles. The molecule has 1 fully saturated rings. The van der Waals surface area contributed by atoms with Crippen LogP contribution in [0.4, 0.5) is 10.1 Å². The molecule has 8 heteroatoms. The number of amides is 1. The second-order valence-electron chi connectivity index (χ2n) is 7.27. The lowest BCUT2D eigenvalue weighted by Crippen LogP contribution is -2.49. The van der Waals surface area contributed by atoms with Crippen molar-refractivity contribution in [2.75, 3.05) is 31.1 Å². The summed E-state index contributed by atoms with van der Waals surface area (Å²) in [5.74, 6) is 0.594. The number of halogens is 1. The van der Waals surface area contributed by atoms with E-state index in [1.165, 1.54) is 13.0 Å². The fraction of sp³-hybridized carbons (Fsp3) is 0.318. The van der Waals surface area contributed by atoms with Crippen LogP contribution in [0.5, 0.6) is 0 Å². The van der Waals surface area contributed by atoms with Gasteiger partial charge in [0.05, 0.1) is 22.7 Å². The maximum absolute atomic E-state index is 14.4. The first kappa shape index (κ1) is 20.3. The number of hydrogen-bond donors (Lipinski definition) is 0. The van der Waals surface area contributed by atoms with Crippen molar-refractivity contribution in [2.45, 2.75) is 20.3 Å². The molecule has 6 nitrogen and oxygen atoms in total. The zero-order chi connectivity index (χ0) is 21.3. The third kappa shape index (κ3) is 4.14. The summed E-state index contributed by atoms with van der Waals surface area (Å²) >= 11 is 1.54. The Morgan fingerprint density at radius 2 is 1.97 bits per heavy atom. The predicted octanol–water partition coefficient (Wildman–Crippen LogP) is 3.94. The highest BCUT2D eigenvalue weighted by Crippen LogP contribution is 2.27. The number of nitrogens with zero attached hydrogens (tertiary/aromatic N) is 3. The number of ketones is 1. The average Bonchev–Trinajstić information content (AvgIpc) is 3.38. The van der Waals surface area contributed by atoms with E-state index in [9.17, 15) is 14.0 Å². The quantitative estimate of drug-likeness (QED) is 0.577. The molecule has 1 aliphatic rings. The molecule has 1 amide bonds. The number of aromatic nitrogens is 1. The number of Topliss-reactive ketones (excluding diaryl/α,β-unsaturated/α-hetero) is 1. The van der Waals surface area contributed by atoms with Gasteiger partial charge in [0.1, 0.15) is 11.6 Å². The lowest BCUT2D eigenvalue weighted by molar-refractivity contribution is -0.130. The highest BCUT2D eigenvalue weighted by Gasteiger charge is 2.25. The van der Waals surface area contributed by atoms with Crippen LogP contribution >= 0.6 is 11.3 Å². The first-order valence-electron chi connectivity index (χ1n) is 9.76. The Morgan fingerprint density at radius 3 is 2.60 bits per heavy atom. The summed E-state index contributed by atoms with van der Waals surface area (Å²) in [6.45, 7) is 5.29. The van der Waals surface area contributed by atoms with Crippen molar-refractivity contribution in [2.24, 2.45) is 0 Å². The van der Waals surface area contributed by atoms with Gasteiger partial charge in [-0.05, 0) is 43.5 Å². The van der Waals surface area contributed by atoms with E-state index in [0.717, 1.165) is 4.88 Å². The highest BCUT2D eigenvalue weighted by atomic mass is 32.1. The number of carbonyl (C=O) groups excluding carboxylic acids is 2. The van der Waals surface area contributed by atoms with E-state index in [1.54, 1.807) is 28.4 Å². The van der Waals surface area contributed by atoms with Crippen LogP contribution in [0.2, 0.25) is 0 Å². The van der Waals surface area contributed by atoms with Crippen molar-refractivity contribution in [3.05, 3.63) is 58.5 Å². The molecule has 0 saturated carbocycles. The van der Waals surface area contributed by atoms with Crippen molar-refractivity contribution < 1.29 is 18.4 Å². The molecule has 4 rings (SSSR count). The number of benzene rings is 1. The van der Waals surface area contributed by atoms with Crippen LogP contribution in [-0.2, 0) is 11.2 Å². The maximum atomic E-state index is 14.4. The van der Waals surface area contributed by atoms with Crippen molar-refractivity contribution in [1.82, 2.24) is 9.88 Å². The third-order valence-electron chi connectivity index (χ3n) is 5.27. The molecular weight excluding hydrogens is 405 g/mol. The SMILES string of the molecule is CC(=O)c1ccc(N2CCN(C(=O)Cc3nc(-c4cccs4)oc3C)CC2)c(F)c1. The zero-order valence-electron chi connectivity index (χ0n) is 16.9. The molecule has 3 aromatic rings. The van der Waals surface area contributed by atoms with Gasteiger partial charge in [0.15, 0.2) is 5.78 Å². The molecule has 0 unspecified atom stereocenters. The van der Waals surface area contributed by atoms with E-state index in [-0.39, 0.29) is 18.1 Å². The first-order valence-corrected chi connectivity index (χ1v) is 10.6. The van der Waals surface area contributed by atoms with Crippen molar-refractivity contribution >= 4 is 28.7 Å². The Bertz CT molecular complexity index is 1070. The van der Waals surface area contributed by atoms with E-state index in [0.29, 0.717) is 54.8 Å². The summed E-state index contributed by atoms with van der Waals surface area (Å²) in [5.41, 5.74) is 1.46. The standard InChI is InChI=1S/C22H22FN3O3S/c1-14(27)16-5-6-19(17(23)12-16)25-7-9-26(10-8-25)21(28)13-18-15(2)29-22(24-18)20-4-3-11-30-20/h3-6,11-12H,7-10,13H2,1-2H3. The van der Waals surface area contributed by atoms with Gasteiger partial charge in [-0.15, -0.1) is 11.3 Å². The number of rotatable bonds is 5. The van der Waals surface area contributed by atoms with Gasteiger partial charge in [-0.3, -0.25) is 9.59 Å². The molecule has 2 aromatic heterocycles. The van der Waals surface area contributed by atoms with Gasteiger partial charge in [-0.2, -0.15) is 0 Å². The Morgan fingerprint density at radius 1 is 1.20 bits per heavy atom. The fourth-order valence-electron chi connectivity index (χ4n) is 3.53. The number of anilines is 1. The van der Waals surface area contributed by atoms with Gasteiger partial charge in [0.25, 0.3) is 0 Å². The molecule has 0 atom stereocenters. The topological polar surface area (TPSA) is 66.7 Å². The van der Waals surface area contributed by atoms with E-state index >= 15 is 0 Å². The lowest BCUT2D eigenvalue weighted by atomic mass is 10.1. The van der Waals surface area contributed by atoms with Crippen LogP contribution in [0.3, 0.4) is 0 Å².